The zero-order valence-corrected chi connectivity index (χ0v) is 16.3. The van der Waals surface area contributed by atoms with E-state index in [1.54, 1.807) is 0 Å². The van der Waals surface area contributed by atoms with Crippen LogP contribution < -0.4 is 5.32 Å². The van der Waals surface area contributed by atoms with Gasteiger partial charge in [-0.15, -0.1) is 11.3 Å². The zero-order chi connectivity index (χ0) is 18.8. The quantitative estimate of drug-likeness (QED) is 0.500. The molecule has 0 aliphatic heterocycles. The fourth-order valence-electron chi connectivity index (χ4n) is 3.26. The average molecular weight is 375 g/mol. The molecule has 0 aliphatic rings. The topological polar surface area (TPSA) is 42.0 Å². The lowest BCUT2D eigenvalue weighted by atomic mass is 10.1. The number of pyridine rings is 1. The normalized spacial score (nSPS) is 12.4. The van der Waals surface area contributed by atoms with Crippen LogP contribution in [0.15, 0.2) is 60.7 Å². The van der Waals surface area contributed by atoms with E-state index in [0.29, 0.717) is 0 Å². The molecule has 0 fully saturated rings. The second kappa shape index (κ2) is 7.49. The summed E-state index contributed by atoms with van der Waals surface area (Å²) in [6, 6.07) is 20.8. The van der Waals surface area contributed by atoms with Crippen molar-refractivity contribution in [2.24, 2.45) is 0 Å². The first-order chi connectivity index (χ1) is 13.1. The number of hydrogen-bond acceptors (Lipinski definition) is 3. The van der Waals surface area contributed by atoms with Crippen molar-refractivity contribution in [3.05, 3.63) is 76.7 Å². The van der Waals surface area contributed by atoms with Gasteiger partial charge in [-0.05, 0) is 56.5 Å². The molecule has 2 heterocycles. The van der Waals surface area contributed by atoms with Crippen LogP contribution in [0.5, 0.6) is 0 Å². The Morgan fingerprint density at radius 3 is 2.70 bits per heavy atom. The van der Waals surface area contributed by atoms with Crippen molar-refractivity contribution in [2.75, 3.05) is 0 Å². The van der Waals surface area contributed by atoms with Crippen LogP contribution in [-0.4, -0.2) is 16.9 Å². The standard InChI is InChI=1S/C23H22N2OS/c1-15-8-11-20-18(12-15)13-19-14-21(27-23(19)25-20)22(26)24-16(2)9-10-17-6-4-3-5-7-17/h3-8,11-14,16H,9-10H2,1-2H3,(H,24,26)/t16-/m0/s1. The summed E-state index contributed by atoms with van der Waals surface area (Å²) in [5.41, 5.74) is 3.48. The number of hydrogen-bond donors (Lipinski definition) is 1. The summed E-state index contributed by atoms with van der Waals surface area (Å²) < 4.78 is 0. The minimum absolute atomic E-state index is 0.0150. The van der Waals surface area contributed by atoms with Crippen LogP contribution in [0.3, 0.4) is 0 Å². The van der Waals surface area contributed by atoms with E-state index in [-0.39, 0.29) is 11.9 Å². The first-order valence-electron chi connectivity index (χ1n) is 9.24. The molecule has 0 unspecified atom stereocenters. The highest BCUT2D eigenvalue weighted by molar-refractivity contribution is 7.20. The van der Waals surface area contributed by atoms with Crippen LogP contribution in [0.25, 0.3) is 21.1 Å². The molecule has 27 heavy (non-hydrogen) atoms. The number of thiophene rings is 1. The molecule has 4 heteroatoms. The predicted molar refractivity (Wildman–Crippen MR) is 114 cm³/mol. The second-order valence-corrected chi connectivity index (χ2v) is 8.12. The summed E-state index contributed by atoms with van der Waals surface area (Å²) in [5, 5.41) is 5.26. The van der Waals surface area contributed by atoms with Gasteiger partial charge >= 0.3 is 0 Å². The highest BCUT2D eigenvalue weighted by Gasteiger charge is 2.14. The van der Waals surface area contributed by atoms with Crippen molar-refractivity contribution in [1.29, 1.82) is 0 Å². The SMILES string of the molecule is Cc1ccc2nc3sc(C(=O)N[C@@H](C)CCc4ccccc4)cc3cc2c1. The number of benzene rings is 2. The smallest absolute Gasteiger partial charge is 0.261 e. The van der Waals surface area contributed by atoms with Crippen molar-refractivity contribution < 1.29 is 4.79 Å². The second-order valence-electron chi connectivity index (χ2n) is 7.09. The van der Waals surface area contributed by atoms with Gasteiger partial charge in [-0.1, -0.05) is 42.0 Å². The molecule has 2 aromatic carbocycles. The number of rotatable bonds is 5. The van der Waals surface area contributed by atoms with Crippen LogP contribution in [0, 0.1) is 6.92 Å². The number of nitrogens with one attached hydrogen (secondary N) is 1. The van der Waals surface area contributed by atoms with Crippen LogP contribution in [-0.2, 0) is 6.42 Å². The fraction of sp³-hybridized carbons (Fsp3) is 0.217. The van der Waals surface area contributed by atoms with Crippen molar-refractivity contribution in [1.82, 2.24) is 10.3 Å². The van der Waals surface area contributed by atoms with E-state index in [0.717, 1.165) is 38.8 Å². The minimum atomic E-state index is -0.0150. The number of aromatic nitrogens is 1. The number of carbonyl (C=O) groups excluding carboxylic acids is 1. The van der Waals surface area contributed by atoms with Crippen LogP contribution in [0.1, 0.15) is 34.1 Å². The Morgan fingerprint density at radius 1 is 1.07 bits per heavy atom. The van der Waals surface area contributed by atoms with Gasteiger partial charge in [0.1, 0.15) is 4.83 Å². The number of aryl methyl sites for hydroxylation is 2. The lowest BCUT2D eigenvalue weighted by Crippen LogP contribution is -2.32. The minimum Gasteiger partial charge on any atom is -0.349 e. The largest absolute Gasteiger partial charge is 0.349 e. The van der Waals surface area contributed by atoms with Crippen LogP contribution >= 0.6 is 11.3 Å². The Morgan fingerprint density at radius 2 is 1.89 bits per heavy atom. The van der Waals surface area contributed by atoms with E-state index in [1.807, 2.05) is 30.3 Å². The first-order valence-corrected chi connectivity index (χ1v) is 10.1. The number of amides is 1. The maximum Gasteiger partial charge on any atom is 0.261 e. The van der Waals surface area contributed by atoms with E-state index in [9.17, 15) is 4.79 Å². The molecule has 4 aromatic rings. The summed E-state index contributed by atoms with van der Waals surface area (Å²) >= 11 is 1.46. The van der Waals surface area contributed by atoms with Gasteiger partial charge in [0.05, 0.1) is 10.4 Å². The molecule has 4 rings (SSSR count). The monoisotopic (exact) mass is 374 g/mol. The molecule has 1 atom stereocenters. The Kier molecular flexibility index (Phi) is 4.90. The molecule has 0 spiro atoms. The van der Waals surface area contributed by atoms with Gasteiger partial charge in [-0.3, -0.25) is 4.79 Å². The van der Waals surface area contributed by atoms with E-state index in [1.165, 1.54) is 22.5 Å². The zero-order valence-electron chi connectivity index (χ0n) is 15.5. The third kappa shape index (κ3) is 4.01. The fourth-order valence-corrected chi connectivity index (χ4v) is 4.19. The van der Waals surface area contributed by atoms with E-state index in [2.05, 4.69) is 49.5 Å². The Balaban J connectivity index is 1.47. The Bertz CT molecular complexity index is 1100. The van der Waals surface area contributed by atoms with E-state index < -0.39 is 0 Å². The average Bonchev–Trinajstić information content (AvgIpc) is 3.08. The van der Waals surface area contributed by atoms with Gasteiger partial charge < -0.3 is 5.32 Å². The number of carbonyl (C=O) groups is 1. The van der Waals surface area contributed by atoms with Crippen molar-refractivity contribution in [2.45, 2.75) is 32.7 Å². The van der Waals surface area contributed by atoms with Gasteiger partial charge in [0.2, 0.25) is 0 Å². The summed E-state index contributed by atoms with van der Waals surface area (Å²) in [6.45, 7) is 4.14. The molecule has 1 amide bonds. The molecule has 0 saturated carbocycles. The van der Waals surface area contributed by atoms with Gasteiger partial charge in [-0.2, -0.15) is 0 Å². The lowest BCUT2D eigenvalue weighted by Gasteiger charge is -2.13. The highest BCUT2D eigenvalue weighted by Crippen LogP contribution is 2.28. The lowest BCUT2D eigenvalue weighted by molar-refractivity contribution is 0.0942. The number of fused-ring (bicyclic) bond motifs is 2. The summed E-state index contributed by atoms with van der Waals surface area (Å²) in [5.74, 6) is -0.0150. The predicted octanol–water partition coefficient (Wildman–Crippen LogP) is 5.51. The molecule has 136 valence electrons. The molecular formula is C23H22N2OS. The van der Waals surface area contributed by atoms with E-state index >= 15 is 0 Å². The van der Waals surface area contributed by atoms with Crippen molar-refractivity contribution in [3.8, 4) is 0 Å². The molecule has 2 aromatic heterocycles. The third-order valence-corrected chi connectivity index (χ3v) is 5.81. The molecule has 0 saturated heterocycles. The number of nitrogens with zero attached hydrogens (tertiary/aromatic N) is 1. The summed E-state index contributed by atoms with van der Waals surface area (Å²) in [7, 11) is 0. The van der Waals surface area contributed by atoms with Gasteiger partial charge in [0, 0.05) is 16.8 Å². The van der Waals surface area contributed by atoms with Gasteiger partial charge in [0.15, 0.2) is 0 Å². The van der Waals surface area contributed by atoms with Gasteiger partial charge in [-0.25, -0.2) is 4.98 Å². The molecule has 0 aliphatic carbocycles. The molecule has 3 nitrogen and oxygen atoms in total. The third-order valence-electron chi connectivity index (χ3n) is 4.77. The van der Waals surface area contributed by atoms with Crippen LogP contribution in [0.4, 0.5) is 0 Å². The van der Waals surface area contributed by atoms with E-state index in [4.69, 9.17) is 4.98 Å². The summed E-state index contributed by atoms with van der Waals surface area (Å²) in [6.07, 6.45) is 1.88. The molecule has 1 N–H and O–H groups in total. The summed E-state index contributed by atoms with van der Waals surface area (Å²) in [4.78, 5) is 19.0. The maximum atomic E-state index is 12.7. The first kappa shape index (κ1) is 17.7. The van der Waals surface area contributed by atoms with Crippen molar-refractivity contribution >= 4 is 38.4 Å². The molecule has 0 radical (unpaired) electrons. The highest BCUT2D eigenvalue weighted by atomic mass is 32.1. The maximum absolute atomic E-state index is 12.7. The van der Waals surface area contributed by atoms with Crippen LogP contribution in [0.2, 0.25) is 0 Å². The molecular weight excluding hydrogens is 352 g/mol. The Hall–Kier alpha value is -2.72. The van der Waals surface area contributed by atoms with Crippen molar-refractivity contribution in [3.63, 3.8) is 0 Å². The Labute approximate surface area is 163 Å². The van der Waals surface area contributed by atoms with Gasteiger partial charge in [0.25, 0.3) is 5.91 Å². The molecule has 0 bridgehead atoms.